The highest BCUT2D eigenvalue weighted by Gasteiger charge is 2.38. The summed E-state index contributed by atoms with van der Waals surface area (Å²) in [6.07, 6.45) is 7.17. The average Bonchev–Trinajstić information content (AvgIpc) is 3.45. The molecular formula is C21H24N6. The van der Waals surface area contributed by atoms with Crippen molar-refractivity contribution < 1.29 is 0 Å². The number of fused-ring (bicyclic) bond motifs is 2. The van der Waals surface area contributed by atoms with E-state index in [9.17, 15) is 0 Å². The minimum atomic E-state index is 0.190. The summed E-state index contributed by atoms with van der Waals surface area (Å²) in [4.78, 5) is 6.95. The van der Waals surface area contributed by atoms with Crippen LogP contribution in [0.1, 0.15) is 24.9 Å². The Balaban J connectivity index is 1.33. The van der Waals surface area contributed by atoms with Crippen molar-refractivity contribution in [1.82, 2.24) is 20.1 Å². The van der Waals surface area contributed by atoms with E-state index in [4.69, 9.17) is 0 Å². The monoisotopic (exact) mass is 360 g/mol. The molecule has 4 heterocycles. The van der Waals surface area contributed by atoms with Crippen LogP contribution in [-0.4, -0.2) is 39.9 Å². The second-order valence-electron chi connectivity index (χ2n) is 7.47. The normalized spacial score (nSPS) is 22.2. The Morgan fingerprint density at radius 3 is 2.85 bits per heavy atom. The molecule has 0 radical (unpaired) electrons. The first-order valence-electron chi connectivity index (χ1n) is 9.59. The first-order chi connectivity index (χ1) is 13.3. The number of piperazine rings is 1. The lowest BCUT2D eigenvalue weighted by Gasteiger charge is -2.27. The molecule has 0 amide bonds. The van der Waals surface area contributed by atoms with E-state index in [1.54, 1.807) is 0 Å². The van der Waals surface area contributed by atoms with Gasteiger partial charge in [0.2, 0.25) is 0 Å². The average molecular weight is 360 g/mol. The lowest BCUT2D eigenvalue weighted by atomic mass is 10.1. The fourth-order valence-corrected chi connectivity index (χ4v) is 4.17. The van der Waals surface area contributed by atoms with Gasteiger partial charge >= 0.3 is 0 Å². The Labute approximate surface area is 159 Å². The van der Waals surface area contributed by atoms with Crippen molar-refractivity contribution in [1.29, 1.82) is 0 Å². The zero-order valence-corrected chi connectivity index (χ0v) is 15.4. The minimum Gasteiger partial charge on any atom is -0.363 e. The maximum absolute atomic E-state index is 4.59. The Morgan fingerprint density at radius 1 is 1.19 bits per heavy atom. The van der Waals surface area contributed by atoms with Gasteiger partial charge in [-0.05, 0) is 25.0 Å². The first kappa shape index (κ1) is 16.3. The second kappa shape index (κ2) is 6.70. The van der Waals surface area contributed by atoms with E-state index in [0.717, 1.165) is 24.6 Å². The van der Waals surface area contributed by atoms with Crippen molar-refractivity contribution in [3.63, 3.8) is 0 Å². The maximum Gasteiger partial charge on any atom is 0.128 e. The predicted octanol–water partition coefficient (Wildman–Crippen LogP) is 2.99. The van der Waals surface area contributed by atoms with Crippen molar-refractivity contribution in [2.45, 2.75) is 31.5 Å². The highest BCUT2D eigenvalue weighted by Crippen LogP contribution is 2.29. The number of hydrogen-bond acceptors (Lipinski definition) is 5. The summed E-state index contributed by atoms with van der Waals surface area (Å²) in [5.74, 6) is 0.852. The molecule has 0 spiro atoms. The Morgan fingerprint density at radius 2 is 2.07 bits per heavy atom. The number of anilines is 2. The van der Waals surface area contributed by atoms with Gasteiger partial charge in [0.05, 0.1) is 23.8 Å². The lowest BCUT2D eigenvalue weighted by Crippen LogP contribution is -2.43. The fraction of sp³-hybridized carbons (Fsp3) is 0.333. The van der Waals surface area contributed by atoms with Gasteiger partial charge in [0.1, 0.15) is 5.82 Å². The molecule has 1 aromatic carbocycles. The van der Waals surface area contributed by atoms with Gasteiger partial charge in [0.15, 0.2) is 0 Å². The molecule has 2 unspecified atom stereocenters. The molecule has 5 rings (SSSR count). The minimum absolute atomic E-state index is 0.190. The van der Waals surface area contributed by atoms with Gasteiger partial charge in [-0.3, -0.25) is 0 Å². The summed E-state index contributed by atoms with van der Waals surface area (Å²) in [6, 6.07) is 15.9. The van der Waals surface area contributed by atoms with Crippen molar-refractivity contribution in [2.75, 3.05) is 23.3 Å². The molecule has 2 aliphatic heterocycles. The molecule has 2 N–H and O–H groups in total. The van der Waals surface area contributed by atoms with E-state index >= 15 is 0 Å². The third kappa shape index (κ3) is 3.17. The largest absolute Gasteiger partial charge is 0.363 e. The highest BCUT2D eigenvalue weighted by atomic mass is 15.3. The molecule has 2 aromatic heterocycles. The number of nitrogens with one attached hydrogen (secondary N) is 2. The zero-order chi connectivity index (χ0) is 18.2. The van der Waals surface area contributed by atoms with Crippen molar-refractivity contribution in [3.8, 4) is 5.69 Å². The molecule has 2 aliphatic rings. The molecule has 3 atom stereocenters. The maximum atomic E-state index is 4.59. The van der Waals surface area contributed by atoms with Crippen LogP contribution in [0.25, 0.3) is 5.69 Å². The summed E-state index contributed by atoms with van der Waals surface area (Å²) in [5, 5.41) is 11.6. The summed E-state index contributed by atoms with van der Waals surface area (Å²) in [6.45, 7) is 4.30. The number of hydrogen-bond donors (Lipinski definition) is 2. The van der Waals surface area contributed by atoms with Crippen LogP contribution in [0.5, 0.6) is 0 Å². The Kier molecular flexibility index (Phi) is 4.05. The van der Waals surface area contributed by atoms with E-state index in [0.29, 0.717) is 12.1 Å². The second-order valence-corrected chi connectivity index (χ2v) is 7.47. The van der Waals surface area contributed by atoms with Crippen molar-refractivity contribution in [3.05, 3.63) is 66.6 Å². The molecule has 6 nitrogen and oxygen atoms in total. The molecule has 2 bridgehead atoms. The SMILES string of the molecule is CC(Nc1cc(-n2cc(N3CC4C[C@H]3CN4)cn2)ccn1)c1ccccc1. The molecule has 2 saturated heterocycles. The third-order valence-electron chi connectivity index (χ3n) is 5.63. The van der Waals surface area contributed by atoms with Crippen LogP contribution in [0, 0.1) is 0 Å². The number of nitrogens with zero attached hydrogens (tertiary/aromatic N) is 4. The quantitative estimate of drug-likeness (QED) is 0.733. The predicted molar refractivity (Wildman–Crippen MR) is 107 cm³/mol. The summed E-state index contributed by atoms with van der Waals surface area (Å²) in [5.41, 5.74) is 3.46. The van der Waals surface area contributed by atoms with Gasteiger partial charge < -0.3 is 15.5 Å². The van der Waals surface area contributed by atoms with Crippen molar-refractivity contribution in [2.24, 2.45) is 0 Å². The zero-order valence-electron chi connectivity index (χ0n) is 15.4. The van der Waals surface area contributed by atoms with Gasteiger partial charge in [-0.15, -0.1) is 0 Å². The Bertz CT molecular complexity index is 921. The summed E-state index contributed by atoms with van der Waals surface area (Å²) < 4.78 is 1.94. The van der Waals surface area contributed by atoms with Gasteiger partial charge in [0.25, 0.3) is 0 Å². The van der Waals surface area contributed by atoms with Crippen LogP contribution in [0.4, 0.5) is 11.5 Å². The number of pyridine rings is 1. The fourth-order valence-electron chi connectivity index (χ4n) is 4.17. The van der Waals surface area contributed by atoms with Crippen LogP contribution >= 0.6 is 0 Å². The van der Waals surface area contributed by atoms with Crippen LogP contribution in [0.15, 0.2) is 61.1 Å². The van der Waals surface area contributed by atoms with Crippen LogP contribution in [0.2, 0.25) is 0 Å². The van der Waals surface area contributed by atoms with E-state index in [1.807, 2.05) is 35.3 Å². The highest BCUT2D eigenvalue weighted by molar-refractivity contribution is 5.51. The van der Waals surface area contributed by atoms with E-state index in [-0.39, 0.29) is 6.04 Å². The molecular weight excluding hydrogens is 336 g/mol. The molecule has 3 aromatic rings. The molecule has 27 heavy (non-hydrogen) atoms. The van der Waals surface area contributed by atoms with Crippen LogP contribution in [-0.2, 0) is 0 Å². The molecule has 6 heteroatoms. The first-order valence-corrected chi connectivity index (χ1v) is 9.59. The summed E-state index contributed by atoms with van der Waals surface area (Å²) >= 11 is 0. The number of benzene rings is 1. The summed E-state index contributed by atoms with van der Waals surface area (Å²) in [7, 11) is 0. The number of rotatable bonds is 5. The van der Waals surface area contributed by atoms with Crippen molar-refractivity contribution >= 4 is 11.5 Å². The van der Waals surface area contributed by atoms with E-state index < -0.39 is 0 Å². The van der Waals surface area contributed by atoms with Gasteiger partial charge in [-0.25, -0.2) is 9.67 Å². The standard InChI is InChI=1S/C21H24N6/c1-15(16-5-3-2-4-6-16)25-21-10-18(7-8-22-21)27-14-20(12-24-27)26-13-17-9-19(26)11-23-17/h2-8,10,12,14-15,17,19,23H,9,11,13H2,1H3,(H,22,25)/t15?,17?,19-/m0/s1. The smallest absolute Gasteiger partial charge is 0.128 e. The lowest BCUT2D eigenvalue weighted by molar-refractivity contribution is 0.580. The topological polar surface area (TPSA) is 58.0 Å². The molecule has 0 saturated carbocycles. The van der Waals surface area contributed by atoms with Gasteiger partial charge in [-0.2, -0.15) is 5.10 Å². The molecule has 138 valence electrons. The van der Waals surface area contributed by atoms with Gasteiger partial charge in [-0.1, -0.05) is 30.3 Å². The third-order valence-corrected chi connectivity index (χ3v) is 5.63. The van der Waals surface area contributed by atoms with Gasteiger partial charge in [0, 0.05) is 43.5 Å². The van der Waals surface area contributed by atoms with E-state index in [2.05, 4.69) is 63.0 Å². The number of aromatic nitrogens is 3. The molecule has 2 fully saturated rings. The Hall–Kier alpha value is -2.86. The molecule has 0 aliphatic carbocycles. The van der Waals surface area contributed by atoms with Crippen LogP contribution in [0.3, 0.4) is 0 Å². The van der Waals surface area contributed by atoms with Crippen LogP contribution < -0.4 is 15.5 Å². The van der Waals surface area contributed by atoms with E-state index in [1.165, 1.54) is 17.7 Å².